The van der Waals surface area contributed by atoms with Crippen LogP contribution < -0.4 is 4.74 Å². The number of hydrogen-bond donors (Lipinski definition) is 2. The summed E-state index contributed by atoms with van der Waals surface area (Å²) >= 11 is 0. The van der Waals surface area contributed by atoms with Gasteiger partial charge in [-0.3, -0.25) is 0 Å². The van der Waals surface area contributed by atoms with E-state index in [1.807, 2.05) is 26.8 Å². The zero-order valence-electron chi connectivity index (χ0n) is 16.5. The predicted octanol–water partition coefficient (Wildman–Crippen LogP) is 4.57. The van der Waals surface area contributed by atoms with E-state index in [1.165, 1.54) is 12.1 Å². The lowest BCUT2D eigenvalue weighted by atomic mass is 9.93. The number of ether oxygens (including phenoxy) is 1. The van der Waals surface area contributed by atoms with Gasteiger partial charge in [0.25, 0.3) is 0 Å². The molecule has 0 atom stereocenters. The van der Waals surface area contributed by atoms with Crippen molar-refractivity contribution in [3.8, 4) is 22.8 Å². The number of nitrogens with zero attached hydrogens (tertiary/aromatic N) is 1. The van der Waals surface area contributed by atoms with Crippen molar-refractivity contribution in [2.24, 2.45) is 0 Å². The molecule has 0 saturated heterocycles. The molecule has 3 rings (SSSR count). The van der Waals surface area contributed by atoms with Crippen LogP contribution in [0, 0.1) is 26.6 Å². The number of halogens is 1. The maximum Gasteiger partial charge on any atom is 0.341 e. The number of carboxylic acid groups (broad SMARTS) is 1. The Kier molecular flexibility index (Phi) is 5.82. The number of carbonyl (C=O) groups is 1. The Morgan fingerprint density at radius 2 is 1.83 bits per heavy atom. The monoisotopic (exact) mass is 395 g/mol. The summed E-state index contributed by atoms with van der Waals surface area (Å²) < 4.78 is 19.5. The van der Waals surface area contributed by atoms with Crippen molar-refractivity contribution in [2.45, 2.75) is 27.2 Å². The molecule has 0 saturated carbocycles. The Labute approximate surface area is 168 Å². The third-order valence-corrected chi connectivity index (χ3v) is 4.98. The van der Waals surface area contributed by atoms with Gasteiger partial charge < -0.3 is 14.9 Å². The smallest absolute Gasteiger partial charge is 0.341 e. The topological polar surface area (TPSA) is 79.7 Å². The van der Waals surface area contributed by atoms with E-state index in [1.54, 1.807) is 24.3 Å². The zero-order chi connectivity index (χ0) is 21.1. The highest BCUT2D eigenvalue weighted by molar-refractivity contribution is 5.69. The highest BCUT2D eigenvalue weighted by Gasteiger charge is 2.16. The van der Waals surface area contributed by atoms with E-state index in [4.69, 9.17) is 9.84 Å². The molecule has 5 nitrogen and oxygen atoms in total. The van der Waals surface area contributed by atoms with Crippen molar-refractivity contribution in [1.82, 2.24) is 4.98 Å². The minimum atomic E-state index is -1.03. The minimum Gasteiger partial charge on any atom is -0.506 e. The van der Waals surface area contributed by atoms with E-state index in [2.05, 4.69) is 4.98 Å². The quantitative estimate of drug-likeness (QED) is 0.639. The van der Waals surface area contributed by atoms with Gasteiger partial charge in [-0.15, -0.1) is 0 Å². The molecule has 1 aromatic heterocycles. The van der Waals surface area contributed by atoms with Gasteiger partial charge in [-0.1, -0.05) is 12.1 Å². The number of aromatic hydroxyl groups is 1. The zero-order valence-corrected chi connectivity index (χ0v) is 16.5. The summed E-state index contributed by atoms with van der Waals surface area (Å²) in [7, 11) is 0. The molecule has 1 heterocycles. The Morgan fingerprint density at radius 3 is 2.52 bits per heavy atom. The average molecular weight is 395 g/mol. The fourth-order valence-electron chi connectivity index (χ4n) is 3.28. The van der Waals surface area contributed by atoms with Crippen molar-refractivity contribution in [3.63, 3.8) is 0 Å². The first kappa shape index (κ1) is 20.3. The first-order valence-corrected chi connectivity index (χ1v) is 9.16. The Balaban J connectivity index is 1.97. The number of rotatable bonds is 6. The first-order valence-electron chi connectivity index (χ1n) is 9.16. The molecule has 0 aliphatic rings. The summed E-state index contributed by atoms with van der Waals surface area (Å²) in [5, 5.41) is 19.0. The van der Waals surface area contributed by atoms with E-state index in [0.717, 1.165) is 22.3 Å². The number of benzene rings is 2. The third kappa shape index (κ3) is 4.37. The number of aromatic nitrogens is 1. The summed E-state index contributed by atoms with van der Waals surface area (Å²) in [5.74, 6) is -1.02. The van der Waals surface area contributed by atoms with Crippen molar-refractivity contribution in [1.29, 1.82) is 0 Å². The summed E-state index contributed by atoms with van der Waals surface area (Å²) in [4.78, 5) is 15.3. The van der Waals surface area contributed by atoms with Crippen molar-refractivity contribution < 1.29 is 24.1 Å². The molecule has 0 aliphatic carbocycles. The van der Waals surface area contributed by atoms with Crippen LogP contribution in [0.15, 0.2) is 42.5 Å². The Morgan fingerprint density at radius 1 is 1.10 bits per heavy atom. The lowest BCUT2D eigenvalue weighted by Crippen LogP contribution is -2.11. The Hall–Kier alpha value is -3.41. The number of aliphatic carboxylic acids is 1. The lowest BCUT2D eigenvalue weighted by Gasteiger charge is -2.17. The second kappa shape index (κ2) is 8.31. The van der Waals surface area contributed by atoms with Crippen molar-refractivity contribution >= 4 is 5.97 Å². The molecule has 2 aromatic carbocycles. The maximum atomic E-state index is 14.2. The molecule has 0 fully saturated rings. The van der Waals surface area contributed by atoms with Gasteiger partial charge >= 0.3 is 5.97 Å². The molecule has 6 heteroatoms. The molecule has 150 valence electrons. The fraction of sp³-hybridized carbons (Fsp3) is 0.217. The van der Waals surface area contributed by atoms with Crippen LogP contribution in [-0.2, 0) is 11.2 Å². The molecule has 0 radical (unpaired) electrons. The van der Waals surface area contributed by atoms with E-state index in [9.17, 15) is 14.3 Å². The molecule has 2 N–H and O–H groups in total. The predicted molar refractivity (Wildman–Crippen MR) is 108 cm³/mol. The van der Waals surface area contributed by atoms with Crippen LogP contribution >= 0.6 is 0 Å². The van der Waals surface area contributed by atoms with Crippen LogP contribution in [0.5, 0.6) is 11.5 Å². The number of hydrogen-bond acceptors (Lipinski definition) is 4. The fourth-order valence-corrected chi connectivity index (χ4v) is 3.28. The SMILES string of the molecule is Cc1cc(OCC(=O)O)c(C)c(C)c1Cc1ccc(O)c(-c2ccccc2F)n1. The maximum absolute atomic E-state index is 14.2. The van der Waals surface area contributed by atoms with Gasteiger partial charge in [-0.25, -0.2) is 14.2 Å². The van der Waals surface area contributed by atoms with E-state index in [0.29, 0.717) is 17.9 Å². The molecule has 0 unspecified atom stereocenters. The second-order valence-electron chi connectivity index (χ2n) is 6.93. The van der Waals surface area contributed by atoms with Crippen LogP contribution in [0.4, 0.5) is 4.39 Å². The van der Waals surface area contributed by atoms with Gasteiger partial charge in [0.15, 0.2) is 6.61 Å². The summed E-state index contributed by atoms with van der Waals surface area (Å²) in [6.07, 6.45) is 0.486. The van der Waals surface area contributed by atoms with Crippen LogP contribution in [0.25, 0.3) is 11.3 Å². The first-order chi connectivity index (χ1) is 13.8. The van der Waals surface area contributed by atoms with Gasteiger partial charge in [-0.05, 0) is 73.4 Å². The van der Waals surface area contributed by atoms with Crippen LogP contribution in [0.3, 0.4) is 0 Å². The highest BCUT2D eigenvalue weighted by atomic mass is 19.1. The molecular formula is C23H22FNO4. The number of aryl methyl sites for hydroxylation is 1. The molecule has 0 aliphatic heterocycles. The number of carboxylic acids is 1. The van der Waals surface area contributed by atoms with Gasteiger partial charge in [0.1, 0.15) is 23.0 Å². The van der Waals surface area contributed by atoms with Gasteiger partial charge in [0.2, 0.25) is 0 Å². The minimum absolute atomic E-state index is 0.0825. The summed E-state index contributed by atoms with van der Waals surface area (Å²) in [5.41, 5.74) is 4.94. The average Bonchev–Trinajstić information content (AvgIpc) is 2.68. The molecule has 3 aromatic rings. The van der Waals surface area contributed by atoms with Crippen LogP contribution in [0.1, 0.15) is 27.9 Å². The standard InChI is InChI=1S/C23H22FNO4/c1-13-10-21(29-12-22(27)28)15(3)14(2)18(13)11-16-8-9-20(26)23(25-16)17-6-4-5-7-19(17)24/h4-10,26H,11-12H2,1-3H3,(H,27,28). The van der Waals surface area contributed by atoms with Crippen molar-refractivity contribution in [3.05, 3.63) is 76.2 Å². The van der Waals surface area contributed by atoms with Gasteiger partial charge in [-0.2, -0.15) is 0 Å². The summed E-state index contributed by atoms with van der Waals surface area (Å²) in [6, 6.07) is 11.2. The lowest BCUT2D eigenvalue weighted by molar-refractivity contribution is -0.139. The van der Waals surface area contributed by atoms with Crippen LogP contribution in [0.2, 0.25) is 0 Å². The van der Waals surface area contributed by atoms with Crippen LogP contribution in [-0.4, -0.2) is 27.8 Å². The van der Waals surface area contributed by atoms with Gasteiger partial charge in [0.05, 0.1) is 0 Å². The van der Waals surface area contributed by atoms with Gasteiger partial charge in [0, 0.05) is 17.7 Å². The molecule has 0 spiro atoms. The highest BCUT2D eigenvalue weighted by Crippen LogP contribution is 2.32. The molecule has 0 bridgehead atoms. The molecule has 0 amide bonds. The third-order valence-electron chi connectivity index (χ3n) is 4.98. The summed E-state index contributed by atoms with van der Waals surface area (Å²) in [6.45, 7) is 5.35. The molecular weight excluding hydrogens is 373 g/mol. The number of pyridine rings is 1. The molecule has 29 heavy (non-hydrogen) atoms. The second-order valence-corrected chi connectivity index (χ2v) is 6.93. The van der Waals surface area contributed by atoms with Crippen molar-refractivity contribution in [2.75, 3.05) is 6.61 Å². The van der Waals surface area contributed by atoms with E-state index in [-0.39, 0.29) is 17.0 Å². The van der Waals surface area contributed by atoms with E-state index < -0.39 is 18.4 Å². The largest absolute Gasteiger partial charge is 0.506 e. The van der Waals surface area contributed by atoms with E-state index >= 15 is 0 Å². The Bertz CT molecular complexity index is 1080. The normalized spacial score (nSPS) is 10.8.